The number of rotatable bonds is 7. The Morgan fingerprint density at radius 2 is 1.57 bits per heavy atom. The Labute approximate surface area is 135 Å². The molecule has 1 unspecified atom stereocenters. The van der Waals surface area contributed by atoms with Crippen molar-refractivity contribution in [2.24, 2.45) is 0 Å². The molecule has 23 heavy (non-hydrogen) atoms. The van der Waals surface area contributed by atoms with E-state index in [1.807, 2.05) is 0 Å². The predicted octanol–water partition coefficient (Wildman–Crippen LogP) is 2.99. The second-order valence-corrected chi connectivity index (χ2v) is 4.97. The van der Waals surface area contributed by atoms with E-state index in [1.54, 1.807) is 49.6 Å². The third kappa shape index (κ3) is 3.70. The Morgan fingerprint density at radius 3 is 2.09 bits per heavy atom. The van der Waals surface area contributed by atoms with Crippen LogP contribution in [0.25, 0.3) is 0 Å². The summed E-state index contributed by atoms with van der Waals surface area (Å²) >= 11 is 0. The van der Waals surface area contributed by atoms with Crippen molar-refractivity contribution in [3.05, 3.63) is 59.7 Å². The Balaban J connectivity index is 2.45. The van der Waals surface area contributed by atoms with Gasteiger partial charge < -0.3 is 19.3 Å². The second-order valence-electron chi connectivity index (χ2n) is 4.97. The first-order valence-electron chi connectivity index (χ1n) is 7.14. The lowest BCUT2D eigenvalue weighted by Gasteiger charge is -2.24. The van der Waals surface area contributed by atoms with Crippen molar-refractivity contribution in [3.63, 3.8) is 0 Å². The summed E-state index contributed by atoms with van der Waals surface area (Å²) in [4.78, 5) is 12.9. The quantitative estimate of drug-likeness (QED) is 0.628. The molecule has 0 bridgehead atoms. The molecule has 0 saturated heterocycles. The van der Waals surface area contributed by atoms with Crippen LogP contribution in [-0.4, -0.2) is 38.5 Å². The monoisotopic (exact) mass is 316 g/mol. The number of ketones is 1. The molecule has 1 atom stereocenters. The van der Waals surface area contributed by atoms with Crippen LogP contribution in [0, 0.1) is 0 Å². The topological polar surface area (TPSA) is 65.0 Å². The Kier molecular flexibility index (Phi) is 5.73. The minimum atomic E-state index is -0.768. The zero-order chi connectivity index (χ0) is 16.8. The molecule has 0 spiro atoms. The van der Waals surface area contributed by atoms with Gasteiger partial charge in [0.05, 0.1) is 18.6 Å². The number of carbonyl (C=O) groups is 1. The average Bonchev–Trinajstić information content (AvgIpc) is 2.59. The highest BCUT2D eigenvalue weighted by Crippen LogP contribution is 2.31. The van der Waals surface area contributed by atoms with Gasteiger partial charge in [0, 0.05) is 14.2 Å². The lowest BCUT2D eigenvalue weighted by atomic mass is 9.89. The molecular weight excluding hydrogens is 296 g/mol. The fraction of sp³-hybridized carbons (Fsp3) is 0.278. The van der Waals surface area contributed by atoms with Crippen LogP contribution in [0.15, 0.2) is 48.5 Å². The molecule has 0 saturated carbocycles. The number of hydrogen-bond acceptors (Lipinski definition) is 5. The van der Waals surface area contributed by atoms with E-state index in [9.17, 15) is 9.90 Å². The number of ether oxygens (including phenoxy) is 3. The standard InChI is InChI=1S/C18H20O5/c1-21-13-10-8-12(9-11-13)16(18(22-2)23-3)17(20)14-6-4-5-7-15(14)19/h4-11,16,18-19H,1-3H3. The summed E-state index contributed by atoms with van der Waals surface area (Å²) in [6.07, 6.45) is -0.768. The fourth-order valence-corrected chi connectivity index (χ4v) is 2.46. The highest BCUT2D eigenvalue weighted by Gasteiger charge is 2.32. The van der Waals surface area contributed by atoms with Crippen molar-refractivity contribution < 1.29 is 24.1 Å². The summed E-state index contributed by atoms with van der Waals surface area (Å²) in [6.45, 7) is 0. The molecule has 0 amide bonds. The van der Waals surface area contributed by atoms with E-state index in [0.717, 1.165) is 0 Å². The van der Waals surface area contributed by atoms with Crippen LogP contribution in [0.3, 0.4) is 0 Å². The molecule has 0 aliphatic heterocycles. The van der Waals surface area contributed by atoms with Gasteiger partial charge in [0.1, 0.15) is 11.5 Å². The predicted molar refractivity (Wildman–Crippen MR) is 86.0 cm³/mol. The van der Waals surface area contributed by atoms with E-state index in [4.69, 9.17) is 14.2 Å². The molecule has 5 heteroatoms. The molecule has 0 aliphatic rings. The number of Topliss-reactive ketones (excluding diaryl/α,β-unsaturated/α-hetero) is 1. The van der Waals surface area contributed by atoms with Gasteiger partial charge in [0.2, 0.25) is 0 Å². The van der Waals surface area contributed by atoms with E-state index in [1.165, 1.54) is 20.3 Å². The fourth-order valence-electron chi connectivity index (χ4n) is 2.46. The molecule has 2 aromatic carbocycles. The van der Waals surface area contributed by atoms with Crippen LogP contribution in [0.4, 0.5) is 0 Å². The van der Waals surface area contributed by atoms with Crippen molar-refractivity contribution in [2.45, 2.75) is 12.2 Å². The largest absolute Gasteiger partial charge is 0.507 e. The van der Waals surface area contributed by atoms with Crippen LogP contribution in [0.5, 0.6) is 11.5 Å². The number of para-hydroxylation sites is 1. The van der Waals surface area contributed by atoms with Crippen LogP contribution in [0.1, 0.15) is 21.8 Å². The number of benzene rings is 2. The van der Waals surface area contributed by atoms with Crippen LogP contribution in [-0.2, 0) is 9.47 Å². The summed E-state index contributed by atoms with van der Waals surface area (Å²) in [5.74, 6) is -0.359. The molecule has 0 radical (unpaired) electrons. The number of methoxy groups -OCH3 is 3. The van der Waals surface area contributed by atoms with E-state index in [0.29, 0.717) is 11.3 Å². The first-order chi connectivity index (χ1) is 11.1. The van der Waals surface area contributed by atoms with Crippen molar-refractivity contribution in [2.75, 3.05) is 21.3 Å². The third-order valence-corrected chi connectivity index (χ3v) is 3.66. The number of carbonyl (C=O) groups excluding carboxylic acids is 1. The zero-order valence-electron chi connectivity index (χ0n) is 13.4. The van der Waals surface area contributed by atoms with Gasteiger partial charge in [-0.3, -0.25) is 4.79 Å². The lowest BCUT2D eigenvalue weighted by molar-refractivity contribution is -0.110. The molecule has 0 aliphatic carbocycles. The van der Waals surface area contributed by atoms with Gasteiger partial charge in [0.15, 0.2) is 12.1 Å². The molecule has 1 N–H and O–H groups in total. The van der Waals surface area contributed by atoms with Gasteiger partial charge in [-0.1, -0.05) is 24.3 Å². The molecule has 0 fully saturated rings. The van der Waals surface area contributed by atoms with Gasteiger partial charge in [-0.2, -0.15) is 0 Å². The molecule has 122 valence electrons. The summed E-state index contributed by atoms with van der Waals surface area (Å²) in [5, 5.41) is 9.96. The number of phenols is 1. The molecule has 0 aromatic heterocycles. The van der Waals surface area contributed by atoms with Crippen LogP contribution >= 0.6 is 0 Å². The average molecular weight is 316 g/mol. The smallest absolute Gasteiger partial charge is 0.179 e. The SMILES string of the molecule is COc1ccc(C(C(=O)c2ccccc2O)C(OC)OC)cc1. The van der Waals surface area contributed by atoms with E-state index < -0.39 is 12.2 Å². The lowest BCUT2D eigenvalue weighted by Crippen LogP contribution is -2.29. The van der Waals surface area contributed by atoms with Crippen molar-refractivity contribution in [3.8, 4) is 11.5 Å². The van der Waals surface area contributed by atoms with Gasteiger partial charge in [-0.05, 0) is 29.8 Å². The van der Waals surface area contributed by atoms with Gasteiger partial charge in [0.25, 0.3) is 0 Å². The van der Waals surface area contributed by atoms with Crippen molar-refractivity contribution >= 4 is 5.78 Å². The van der Waals surface area contributed by atoms with Crippen LogP contribution in [0.2, 0.25) is 0 Å². The van der Waals surface area contributed by atoms with Crippen LogP contribution < -0.4 is 4.74 Å². The molecule has 2 aromatic rings. The molecule has 5 nitrogen and oxygen atoms in total. The Bertz CT molecular complexity index is 647. The van der Waals surface area contributed by atoms with Crippen molar-refractivity contribution in [1.29, 1.82) is 0 Å². The van der Waals surface area contributed by atoms with Gasteiger partial charge in [-0.25, -0.2) is 0 Å². The van der Waals surface area contributed by atoms with Gasteiger partial charge >= 0.3 is 0 Å². The van der Waals surface area contributed by atoms with Crippen molar-refractivity contribution in [1.82, 2.24) is 0 Å². The Morgan fingerprint density at radius 1 is 0.957 bits per heavy atom. The summed E-state index contributed by atoms with van der Waals surface area (Å²) in [6, 6.07) is 13.5. The number of hydrogen-bond donors (Lipinski definition) is 1. The Hall–Kier alpha value is -2.37. The highest BCUT2D eigenvalue weighted by atomic mass is 16.7. The first kappa shape index (κ1) is 17.0. The maximum atomic E-state index is 12.9. The summed E-state index contributed by atoms with van der Waals surface area (Å²) in [5.41, 5.74) is 0.945. The van der Waals surface area contributed by atoms with E-state index in [2.05, 4.69) is 0 Å². The van der Waals surface area contributed by atoms with Gasteiger partial charge in [-0.15, -0.1) is 0 Å². The minimum Gasteiger partial charge on any atom is -0.507 e. The maximum Gasteiger partial charge on any atom is 0.179 e. The maximum absolute atomic E-state index is 12.9. The summed E-state index contributed by atoms with van der Waals surface area (Å²) in [7, 11) is 4.53. The normalized spacial score (nSPS) is 12.2. The second kappa shape index (κ2) is 7.76. The number of phenolic OH excluding ortho intramolecular Hbond substituents is 1. The number of aromatic hydroxyl groups is 1. The summed E-state index contributed by atoms with van der Waals surface area (Å²) < 4.78 is 15.7. The van der Waals surface area contributed by atoms with E-state index in [-0.39, 0.29) is 17.1 Å². The molecule has 0 heterocycles. The zero-order valence-corrected chi connectivity index (χ0v) is 13.4. The molecular formula is C18H20O5. The molecule has 2 rings (SSSR count). The first-order valence-corrected chi connectivity index (χ1v) is 7.14. The highest BCUT2D eigenvalue weighted by molar-refractivity contribution is 6.03. The van der Waals surface area contributed by atoms with E-state index >= 15 is 0 Å². The third-order valence-electron chi connectivity index (χ3n) is 3.66. The minimum absolute atomic E-state index is 0.0676.